The van der Waals surface area contributed by atoms with E-state index in [0.717, 1.165) is 17.3 Å². The number of hydrazone groups is 1. The van der Waals surface area contributed by atoms with Crippen LogP contribution in [0.3, 0.4) is 0 Å². The highest BCUT2D eigenvalue weighted by Crippen LogP contribution is 2.35. The van der Waals surface area contributed by atoms with Gasteiger partial charge in [-0.1, -0.05) is 42.0 Å². The van der Waals surface area contributed by atoms with Crippen molar-refractivity contribution in [3.05, 3.63) is 125 Å². The summed E-state index contributed by atoms with van der Waals surface area (Å²) in [5.74, 6) is -0.777. The van der Waals surface area contributed by atoms with Crippen LogP contribution < -0.4 is 10.7 Å². The van der Waals surface area contributed by atoms with Gasteiger partial charge in [0.05, 0.1) is 22.0 Å². The average molecular weight is 668 g/mol. The first-order valence-electron chi connectivity index (χ1n) is 13.9. The highest BCUT2D eigenvalue weighted by Gasteiger charge is 2.33. The summed E-state index contributed by atoms with van der Waals surface area (Å²) < 4.78 is 68.6. The van der Waals surface area contributed by atoms with Crippen molar-refractivity contribution in [1.29, 1.82) is 0 Å². The van der Waals surface area contributed by atoms with Gasteiger partial charge in [-0.25, -0.2) is 0 Å². The van der Waals surface area contributed by atoms with Crippen LogP contribution in [0.25, 0.3) is 16.8 Å². The molecule has 0 bridgehead atoms. The lowest BCUT2D eigenvalue weighted by molar-refractivity contribution is 0.106. The van der Waals surface area contributed by atoms with E-state index >= 15 is 0 Å². The summed E-state index contributed by atoms with van der Waals surface area (Å²) in [6, 6.07) is 28.1. The summed E-state index contributed by atoms with van der Waals surface area (Å²) in [5.41, 5.74) is 5.89. The van der Waals surface area contributed by atoms with E-state index < -0.39 is 41.5 Å². The van der Waals surface area contributed by atoms with Crippen LogP contribution in [-0.4, -0.2) is 37.4 Å². The number of Topliss-reactive ketones (excluding diaryl/α,β-unsaturated/α-hetero) is 1. The van der Waals surface area contributed by atoms with Gasteiger partial charge in [-0.3, -0.25) is 19.3 Å². The van der Waals surface area contributed by atoms with E-state index in [1.54, 1.807) is 30.3 Å². The van der Waals surface area contributed by atoms with E-state index in [1.807, 2.05) is 49.4 Å². The van der Waals surface area contributed by atoms with E-state index in [2.05, 4.69) is 26.1 Å². The quantitative estimate of drug-likeness (QED) is 0.0740. The SMILES string of the molecule is Cc1ccc(N=Nc2ccc(NN=C3C(=O)c4ccc(Nc5ccccc5)cc4C=C3S(=O)(=O)O)c3cc(S(=O)(=O)O)ccc23)cc1. The molecule has 12 nitrogen and oxygen atoms in total. The fraction of sp³-hybridized carbons (Fsp3) is 0.0303. The van der Waals surface area contributed by atoms with Gasteiger partial charge in [-0.15, -0.1) is 5.11 Å². The fourth-order valence-corrected chi connectivity index (χ4v) is 6.07. The van der Waals surface area contributed by atoms with Gasteiger partial charge in [0.2, 0.25) is 5.78 Å². The molecule has 1 aliphatic rings. The lowest BCUT2D eigenvalue weighted by Crippen LogP contribution is -2.27. The predicted molar refractivity (Wildman–Crippen MR) is 180 cm³/mol. The number of azo groups is 1. The van der Waals surface area contributed by atoms with Gasteiger partial charge in [0, 0.05) is 27.7 Å². The maximum atomic E-state index is 13.6. The van der Waals surface area contributed by atoms with Crippen LogP contribution in [0.1, 0.15) is 21.5 Å². The first-order valence-corrected chi connectivity index (χ1v) is 16.8. The lowest BCUT2D eigenvalue weighted by atomic mass is 9.94. The van der Waals surface area contributed by atoms with Crippen LogP contribution in [0.2, 0.25) is 0 Å². The Hall–Kier alpha value is -5.54. The number of benzene rings is 5. The Balaban J connectivity index is 1.40. The van der Waals surface area contributed by atoms with Crippen molar-refractivity contribution < 1.29 is 30.7 Å². The Morgan fingerprint density at radius 3 is 2.15 bits per heavy atom. The second kappa shape index (κ2) is 12.3. The number of aryl methyl sites for hydroxylation is 1. The molecule has 0 aliphatic heterocycles. The lowest BCUT2D eigenvalue weighted by Gasteiger charge is -2.18. The molecule has 0 saturated carbocycles. The second-order valence-corrected chi connectivity index (χ2v) is 13.3. The molecule has 0 heterocycles. The molecule has 0 fully saturated rings. The number of rotatable bonds is 8. The van der Waals surface area contributed by atoms with Crippen molar-refractivity contribution in [2.45, 2.75) is 11.8 Å². The summed E-state index contributed by atoms with van der Waals surface area (Å²) in [6.07, 6.45) is 1.14. The first kappa shape index (κ1) is 31.4. The number of hydrogen-bond acceptors (Lipinski definition) is 10. The van der Waals surface area contributed by atoms with E-state index in [4.69, 9.17) is 0 Å². The highest BCUT2D eigenvalue weighted by atomic mass is 32.2. The molecule has 6 rings (SSSR count). The number of nitrogens with one attached hydrogen (secondary N) is 2. The highest BCUT2D eigenvalue weighted by molar-refractivity contribution is 7.91. The van der Waals surface area contributed by atoms with Crippen LogP contribution in [0.15, 0.2) is 128 Å². The molecule has 236 valence electrons. The second-order valence-electron chi connectivity index (χ2n) is 10.5. The van der Waals surface area contributed by atoms with Crippen molar-refractivity contribution in [3.8, 4) is 0 Å². The van der Waals surface area contributed by atoms with Gasteiger partial charge < -0.3 is 5.32 Å². The molecule has 0 radical (unpaired) electrons. The standard InChI is InChI=1S/C33H25N5O7S2/c1-20-7-9-23(10-8-20)35-36-29-15-16-30(28-19-25(46(40,41)42)12-14-27(28)29)37-38-32-31(47(43,44)45)18-21-17-24(11-13-26(21)33(32)39)34-22-5-3-2-4-6-22/h2-19,34,37H,1H3,(H,40,41,42)(H,43,44,45). The van der Waals surface area contributed by atoms with Crippen LogP contribution in [0.4, 0.5) is 28.4 Å². The van der Waals surface area contributed by atoms with Crippen molar-refractivity contribution >= 4 is 77.0 Å². The molecule has 14 heteroatoms. The smallest absolute Gasteiger partial charge is 0.296 e. The number of fused-ring (bicyclic) bond motifs is 2. The molecule has 5 aromatic carbocycles. The Bertz CT molecular complexity index is 2370. The number of nitrogens with zero attached hydrogens (tertiary/aromatic N) is 3. The number of carbonyl (C=O) groups excluding carboxylic acids is 1. The van der Waals surface area contributed by atoms with Gasteiger partial charge in [0.15, 0.2) is 5.71 Å². The minimum Gasteiger partial charge on any atom is -0.356 e. The molecule has 4 N–H and O–H groups in total. The zero-order valence-electron chi connectivity index (χ0n) is 24.5. The zero-order chi connectivity index (χ0) is 33.3. The van der Waals surface area contributed by atoms with E-state index in [9.17, 15) is 30.7 Å². The predicted octanol–water partition coefficient (Wildman–Crippen LogP) is 7.45. The van der Waals surface area contributed by atoms with Gasteiger partial charge in [-0.05, 0) is 85.3 Å². The zero-order valence-corrected chi connectivity index (χ0v) is 26.1. The molecule has 47 heavy (non-hydrogen) atoms. The molecular formula is C33H25N5O7S2. The van der Waals surface area contributed by atoms with Gasteiger partial charge in [-0.2, -0.15) is 27.1 Å². The van der Waals surface area contributed by atoms with Crippen LogP contribution in [0.5, 0.6) is 0 Å². The molecule has 0 atom stereocenters. The molecule has 0 spiro atoms. The molecule has 0 saturated heterocycles. The minimum absolute atomic E-state index is 0.141. The van der Waals surface area contributed by atoms with E-state index in [0.29, 0.717) is 22.4 Å². The molecular weight excluding hydrogens is 643 g/mol. The Morgan fingerprint density at radius 1 is 0.702 bits per heavy atom. The number of hydrogen-bond donors (Lipinski definition) is 4. The number of anilines is 3. The molecule has 0 amide bonds. The van der Waals surface area contributed by atoms with Crippen molar-refractivity contribution in [2.75, 3.05) is 10.7 Å². The van der Waals surface area contributed by atoms with E-state index in [-0.39, 0.29) is 22.2 Å². The topological polar surface area (TPSA) is 187 Å². The number of ketones is 1. The third kappa shape index (κ3) is 6.85. The van der Waals surface area contributed by atoms with Crippen molar-refractivity contribution in [1.82, 2.24) is 0 Å². The first-order chi connectivity index (χ1) is 22.4. The Labute approximate surface area is 269 Å². The summed E-state index contributed by atoms with van der Waals surface area (Å²) >= 11 is 0. The third-order valence-electron chi connectivity index (χ3n) is 7.23. The average Bonchev–Trinajstić information content (AvgIpc) is 3.03. The monoisotopic (exact) mass is 667 g/mol. The Kier molecular flexibility index (Phi) is 8.25. The summed E-state index contributed by atoms with van der Waals surface area (Å²) in [4.78, 5) is 12.4. The van der Waals surface area contributed by atoms with Crippen LogP contribution in [0, 0.1) is 6.92 Å². The number of allylic oxidation sites excluding steroid dienone is 1. The molecule has 0 aromatic heterocycles. The summed E-state index contributed by atoms with van der Waals surface area (Å²) in [7, 11) is -9.54. The van der Waals surface area contributed by atoms with Crippen LogP contribution >= 0.6 is 0 Å². The van der Waals surface area contributed by atoms with Crippen LogP contribution in [-0.2, 0) is 20.2 Å². The summed E-state index contributed by atoms with van der Waals surface area (Å²) in [5, 5.41) is 16.4. The fourth-order valence-electron chi connectivity index (χ4n) is 4.90. The number of carbonyl (C=O) groups is 1. The molecule has 0 unspecified atom stereocenters. The van der Waals surface area contributed by atoms with Gasteiger partial charge in [0.1, 0.15) is 4.91 Å². The Morgan fingerprint density at radius 2 is 1.45 bits per heavy atom. The van der Waals surface area contributed by atoms with Crippen molar-refractivity contribution in [3.63, 3.8) is 0 Å². The summed E-state index contributed by atoms with van der Waals surface area (Å²) in [6.45, 7) is 1.94. The largest absolute Gasteiger partial charge is 0.356 e. The maximum Gasteiger partial charge on any atom is 0.296 e. The maximum absolute atomic E-state index is 13.6. The molecule has 5 aromatic rings. The third-order valence-corrected chi connectivity index (χ3v) is 8.95. The molecule has 1 aliphatic carbocycles. The minimum atomic E-state index is -4.93. The van der Waals surface area contributed by atoms with Gasteiger partial charge >= 0.3 is 0 Å². The van der Waals surface area contributed by atoms with Gasteiger partial charge in [0.25, 0.3) is 20.2 Å². The van der Waals surface area contributed by atoms with Crippen molar-refractivity contribution in [2.24, 2.45) is 15.3 Å². The normalized spacial score (nSPS) is 14.3. The van der Waals surface area contributed by atoms with E-state index in [1.165, 1.54) is 30.3 Å². The number of para-hydroxylation sites is 1.